The Balaban J connectivity index is 0.835. The van der Waals surface area contributed by atoms with Gasteiger partial charge in [0, 0.05) is 115 Å². The standard InChI is InChI=1S/C56H80F4N10O11/c1-36-32-69(33-37(2)66(36)6)46-10-8-39(28-45(46)64-53(76)42-31-63-50(74)30-43(42)56(58,59)60)41-27-38(7-9-44(41)57)34-68-17-15-67(16-18-68)14-13-62-48(72)11-19-78-21-23-80-25-26-81-24-22-79-20-12-49(73)65-51(55(3,4)5)54(77)70-35-40(71)29-47(70)52(61)75/h7-10,27-28,30-31,36-37,40,47,51,71H,11-26,29,32-35H2,1-6H3,(H2,61,75)(H,62,72)(H,63,74)(H,64,76)(H,65,73)/t36-,37?,40?,47-,51+/m0/s1. The normalized spacial score (nSPS) is 19.8. The molecule has 7 N–H and O–H groups in total. The summed E-state index contributed by atoms with van der Waals surface area (Å²) >= 11 is 0. The monoisotopic (exact) mass is 1140 g/mol. The number of likely N-dealkylation sites (tertiary alicyclic amines) is 1. The van der Waals surface area contributed by atoms with Crippen molar-refractivity contribution in [3.8, 4) is 11.1 Å². The van der Waals surface area contributed by atoms with Crippen LogP contribution in [0, 0.1) is 11.2 Å². The molecule has 5 atom stereocenters. The Morgan fingerprint density at radius 3 is 1.99 bits per heavy atom. The SMILES string of the molecule is CC1CN(c2ccc(-c3cc(CN4CCN(CCNC(=O)CCOCCOCCOCCOCCC(=O)N[C@H](C(=O)N5CC(O)C[C@H]5C(N)=O)C(C)(C)C)CC4)ccc3F)cc2NC(=O)c2c[nH]c(=O)cc2C(F)(F)F)C[C@H](C)N1C. The van der Waals surface area contributed by atoms with Crippen molar-refractivity contribution in [2.24, 2.45) is 11.1 Å². The first-order valence-corrected chi connectivity index (χ1v) is 27.5. The van der Waals surface area contributed by atoms with Gasteiger partial charge in [0.2, 0.25) is 29.2 Å². The third-order valence-corrected chi connectivity index (χ3v) is 14.8. The van der Waals surface area contributed by atoms with E-state index in [1.807, 2.05) is 7.05 Å². The minimum Gasteiger partial charge on any atom is -0.391 e. The first-order valence-electron chi connectivity index (χ1n) is 27.5. The number of aliphatic hydroxyl groups is 1. The van der Waals surface area contributed by atoms with Crippen molar-refractivity contribution in [3.63, 3.8) is 0 Å². The number of hydrogen-bond acceptors (Lipinski definition) is 15. The zero-order valence-corrected chi connectivity index (χ0v) is 47.2. The molecule has 2 unspecified atom stereocenters. The van der Waals surface area contributed by atoms with Crippen LogP contribution in [0.5, 0.6) is 0 Å². The Bertz CT molecular complexity index is 2650. The number of hydrogen-bond donors (Lipinski definition) is 6. The zero-order chi connectivity index (χ0) is 59.0. The van der Waals surface area contributed by atoms with Gasteiger partial charge in [0.05, 0.1) is 81.5 Å². The fourth-order valence-corrected chi connectivity index (χ4v) is 9.99. The topological polar surface area (TPSA) is 254 Å². The maximum Gasteiger partial charge on any atom is 0.417 e. The molecule has 3 fully saturated rings. The molecule has 3 aliphatic rings. The number of benzene rings is 2. The summed E-state index contributed by atoms with van der Waals surface area (Å²) in [6.45, 7) is 17.3. The molecule has 2 aromatic carbocycles. The largest absolute Gasteiger partial charge is 0.417 e. The maximum absolute atomic E-state index is 15.7. The molecule has 5 amide bonds. The Hall–Kier alpha value is -6.06. The number of alkyl halides is 3. The average molecular weight is 1150 g/mol. The number of carbonyl (C=O) groups excluding carboxylic acids is 5. The molecule has 25 heteroatoms. The Labute approximate surface area is 470 Å². The lowest BCUT2D eigenvalue weighted by Gasteiger charge is -2.44. The van der Waals surface area contributed by atoms with E-state index in [0.717, 1.165) is 37.9 Å². The number of nitrogens with zero attached hydrogens (tertiary/aromatic N) is 5. The number of aromatic amines is 1. The second kappa shape index (κ2) is 29.8. The van der Waals surface area contributed by atoms with E-state index in [0.29, 0.717) is 76.5 Å². The molecular formula is C56H80F4N10O11. The summed E-state index contributed by atoms with van der Waals surface area (Å²) < 4.78 is 79.8. The molecule has 448 valence electrons. The third-order valence-electron chi connectivity index (χ3n) is 14.8. The number of aliphatic hydroxyl groups excluding tert-OH is 1. The molecule has 0 aliphatic carbocycles. The lowest BCUT2D eigenvalue weighted by Crippen LogP contribution is -2.57. The second-order valence-electron chi connectivity index (χ2n) is 22.0. The van der Waals surface area contributed by atoms with E-state index in [9.17, 15) is 47.0 Å². The van der Waals surface area contributed by atoms with Crippen molar-refractivity contribution in [1.82, 2.24) is 35.2 Å². The number of H-pyrrole nitrogens is 1. The number of β-amino-alcohol motifs (C(OH)–C–C–N with tert-alkyl or cyclic N) is 1. The van der Waals surface area contributed by atoms with E-state index in [4.69, 9.17) is 24.7 Å². The summed E-state index contributed by atoms with van der Waals surface area (Å²) in [4.78, 5) is 88.0. The highest BCUT2D eigenvalue weighted by molar-refractivity contribution is 6.07. The quantitative estimate of drug-likeness (QED) is 0.0474. The Morgan fingerprint density at radius 1 is 0.802 bits per heavy atom. The minimum atomic E-state index is -4.97. The van der Waals surface area contributed by atoms with Crippen LogP contribution in [0.25, 0.3) is 11.1 Å². The van der Waals surface area contributed by atoms with E-state index in [1.54, 1.807) is 51.1 Å². The molecule has 4 heterocycles. The van der Waals surface area contributed by atoms with Gasteiger partial charge in [0.15, 0.2) is 0 Å². The first kappa shape index (κ1) is 64.1. The van der Waals surface area contributed by atoms with Crippen molar-refractivity contribution in [2.75, 3.05) is 129 Å². The van der Waals surface area contributed by atoms with Gasteiger partial charge in [-0.2, -0.15) is 13.2 Å². The summed E-state index contributed by atoms with van der Waals surface area (Å²) in [6, 6.07) is 8.63. The second-order valence-corrected chi connectivity index (χ2v) is 22.0. The zero-order valence-electron chi connectivity index (χ0n) is 47.2. The molecule has 3 aliphatic heterocycles. The number of likely N-dealkylation sites (N-methyl/N-ethyl adjacent to an activating group) is 1. The highest BCUT2D eigenvalue weighted by atomic mass is 19.4. The van der Waals surface area contributed by atoms with E-state index < -0.39 is 75.9 Å². The van der Waals surface area contributed by atoms with Crippen molar-refractivity contribution in [2.45, 2.75) is 96.9 Å². The van der Waals surface area contributed by atoms with Crippen LogP contribution in [0.3, 0.4) is 0 Å². The molecule has 6 rings (SSSR count). The third kappa shape index (κ3) is 19.0. The molecule has 0 bridgehead atoms. The summed E-state index contributed by atoms with van der Waals surface area (Å²) in [5.74, 6) is -3.30. The fourth-order valence-electron chi connectivity index (χ4n) is 9.99. The van der Waals surface area contributed by atoms with Crippen LogP contribution >= 0.6 is 0 Å². The summed E-state index contributed by atoms with van der Waals surface area (Å²) in [7, 11) is 2.01. The fraction of sp³-hybridized carbons (Fsp3) is 0.607. The molecular weight excluding hydrogens is 1060 g/mol. The minimum absolute atomic E-state index is 0.00109. The molecule has 3 aromatic rings. The number of anilines is 2. The van der Waals surface area contributed by atoms with Crippen molar-refractivity contribution in [1.29, 1.82) is 0 Å². The molecule has 0 saturated carbocycles. The molecule has 0 spiro atoms. The number of primary amides is 1. The smallest absolute Gasteiger partial charge is 0.391 e. The number of aromatic nitrogens is 1. The number of amides is 5. The van der Waals surface area contributed by atoms with Crippen LogP contribution in [0.4, 0.5) is 28.9 Å². The number of piperazine rings is 2. The summed E-state index contributed by atoms with van der Waals surface area (Å²) in [6.07, 6.45) is -4.84. The van der Waals surface area contributed by atoms with Crippen LogP contribution in [-0.4, -0.2) is 208 Å². The molecule has 81 heavy (non-hydrogen) atoms. The van der Waals surface area contributed by atoms with Gasteiger partial charge in [-0.15, -0.1) is 0 Å². The van der Waals surface area contributed by atoms with Crippen molar-refractivity contribution in [3.05, 3.63) is 81.5 Å². The van der Waals surface area contributed by atoms with Gasteiger partial charge in [0.1, 0.15) is 17.9 Å². The Kier molecular flexibility index (Phi) is 23.6. The lowest BCUT2D eigenvalue weighted by atomic mass is 9.85. The van der Waals surface area contributed by atoms with E-state index >= 15 is 4.39 Å². The van der Waals surface area contributed by atoms with Gasteiger partial charge in [0.25, 0.3) is 5.91 Å². The van der Waals surface area contributed by atoms with Crippen LogP contribution < -0.4 is 32.1 Å². The van der Waals surface area contributed by atoms with Gasteiger partial charge in [-0.3, -0.25) is 43.5 Å². The van der Waals surface area contributed by atoms with Crippen LogP contribution in [0.15, 0.2) is 53.5 Å². The van der Waals surface area contributed by atoms with E-state index in [1.165, 1.54) is 11.0 Å². The number of carbonyl (C=O) groups is 5. The number of rotatable bonds is 27. The van der Waals surface area contributed by atoms with E-state index in [2.05, 4.69) is 54.4 Å². The van der Waals surface area contributed by atoms with Gasteiger partial charge >= 0.3 is 6.18 Å². The van der Waals surface area contributed by atoms with E-state index in [-0.39, 0.29) is 81.5 Å². The number of halogens is 4. The van der Waals surface area contributed by atoms with Crippen molar-refractivity contribution >= 4 is 40.9 Å². The predicted octanol–water partition coefficient (Wildman–Crippen LogP) is 3.04. The number of pyridine rings is 1. The van der Waals surface area contributed by atoms with Crippen LogP contribution in [0.2, 0.25) is 0 Å². The van der Waals surface area contributed by atoms with Crippen molar-refractivity contribution < 1.29 is 65.6 Å². The maximum atomic E-state index is 15.7. The number of ether oxygens (including phenoxy) is 4. The average Bonchev–Trinajstić information content (AvgIpc) is 4.07. The molecule has 1 aromatic heterocycles. The number of nitrogens with one attached hydrogen (secondary N) is 4. The molecule has 21 nitrogen and oxygen atoms in total. The first-order chi connectivity index (χ1) is 38.4. The van der Waals surface area contributed by atoms with Crippen LogP contribution in [-0.2, 0) is 50.8 Å². The summed E-state index contributed by atoms with van der Waals surface area (Å²) in [5, 5.41) is 18.4. The number of nitrogens with two attached hydrogens (primary N) is 1. The van der Waals surface area contributed by atoms with Gasteiger partial charge in [-0.25, -0.2) is 4.39 Å². The van der Waals surface area contributed by atoms with Crippen LogP contribution in [0.1, 0.15) is 75.4 Å². The molecule has 3 saturated heterocycles. The lowest BCUT2D eigenvalue weighted by molar-refractivity contribution is -0.143. The summed E-state index contributed by atoms with van der Waals surface area (Å²) in [5.41, 5.74) is 3.94. The van der Waals surface area contributed by atoms with Gasteiger partial charge < -0.3 is 60.5 Å². The highest BCUT2D eigenvalue weighted by Gasteiger charge is 2.44. The highest BCUT2D eigenvalue weighted by Crippen LogP contribution is 2.37. The van der Waals surface area contributed by atoms with Gasteiger partial charge in [-0.1, -0.05) is 32.9 Å². The van der Waals surface area contributed by atoms with Gasteiger partial charge in [-0.05, 0) is 61.7 Å². The predicted molar refractivity (Wildman–Crippen MR) is 295 cm³/mol. The Morgan fingerprint density at radius 2 is 1.40 bits per heavy atom. The molecule has 0 radical (unpaired) electrons.